The Morgan fingerprint density at radius 1 is 1.14 bits per heavy atom. The van der Waals surface area contributed by atoms with Crippen LogP contribution in [0.3, 0.4) is 0 Å². The van der Waals surface area contributed by atoms with Crippen LogP contribution in [0.5, 0.6) is 11.5 Å². The van der Waals surface area contributed by atoms with Gasteiger partial charge in [0.2, 0.25) is 0 Å². The molecule has 1 atom stereocenters. The third kappa shape index (κ3) is 3.65. The van der Waals surface area contributed by atoms with Crippen molar-refractivity contribution < 1.29 is 19.0 Å². The Morgan fingerprint density at radius 3 is 2.38 bits per heavy atom. The highest BCUT2D eigenvalue weighted by atomic mass is 35.5. The zero-order chi connectivity index (χ0) is 15.4. The molecule has 2 aromatic carbocycles. The summed E-state index contributed by atoms with van der Waals surface area (Å²) in [5.41, 5.74) is 1.44. The first kappa shape index (κ1) is 15.6. The van der Waals surface area contributed by atoms with Crippen LogP contribution >= 0.6 is 11.6 Å². The van der Waals surface area contributed by atoms with Crippen molar-refractivity contribution in [1.29, 1.82) is 0 Å². The number of aliphatic hydroxyl groups excluding tert-OH is 1. The fourth-order valence-corrected chi connectivity index (χ4v) is 2.39. The summed E-state index contributed by atoms with van der Waals surface area (Å²) in [4.78, 5) is 0. The molecule has 3 nitrogen and oxygen atoms in total. The fraction of sp³-hybridized carbons (Fsp3) is 0.250. The molecule has 1 unspecified atom stereocenters. The highest BCUT2D eigenvalue weighted by Gasteiger charge is 2.16. The van der Waals surface area contributed by atoms with Gasteiger partial charge in [-0.25, -0.2) is 4.39 Å². The van der Waals surface area contributed by atoms with Crippen molar-refractivity contribution in [2.45, 2.75) is 12.5 Å². The van der Waals surface area contributed by atoms with Crippen LogP contribution in [0.25, 0.3) is 0 Å². The van der Waals surface area contributed by atoms with Crippen molar-refractivity contribution in [3.05, 3.63) is 58.4 Å². The Hall–Kier alpha value is -1.78. The molecule has 2 aromatic rings. The van der Waals surface area contributed by atoms with Crippen molar-refractivity contribution in [2.24, 2.45) is 0 Å². The van der Waals surface area contributed by atoms with Gasteiger partial charge in [-0.15, -0.1) is 0 Å². The topological polar surface area (TPSA) is 38.7 Å². The molecule has 0 aliphatic rings. The Morgan fingerprint density at radius 2 is 1.81 bits per heavy atom. The van der Waals surface area contributed by atoms with Crippen LogP contribution in [-0.2, 0) is 6.42 Å². The predicted octanol–water partition coefficient (Wildman–Crippen LogP) is 3.77. The normalized spacial score (nSPS) is 12.0. The number of hydrogen-bond acceptors (Lipinski definition) is 3. The Bertz CT molecular complexity index is 614. The lowest BCUT2D eigenvalue weighted by Crippen LogP contribution is -2.03. The molecule has 0 spiro atoms. The Labute approximate surface area is 127 Å². The minimum Gasteiger partial charge on any atom is -0.493 e. The first-order chi connectivity index (χ1) is 10.0. The van der Waals surface area contributed by atoms with E-state index in [4.69, 9.17) is 21.1 Å². The summed E-state index contributed by atoms with van der Waals surface area (Å²) in [5.74, 6) is 0.581. The van der Waals surface area contributed by atoms with Gasteiger partial charge >= 0.3 is 0 Å². The number of ether oxygens (including phenoxy) is 2. The molecule has 2 rings (SSSR count). The molecule has 0 amide bonds. The van der Waals surface area contributed by atoms with Crippen molar-refractivity contribution >= 4 is 11.6 Å². The van der Waals surface area contributed by atoms with Crippen molar-refractivity contribution in [2.75, 3.05) is 14.2 Å². The van der Waals surface area contributed by atoms with E-state index < -0.39 is 6.10 Å². The van der Waals surface area contributed by atoms with Crippen LogP contribution in [0.15, 0.2) is 36.4 Å². The lowest BCUT2D eigenvalue weighted by Gasteiger charge is -2.15. The van der Waals surface area contributed by atoms with E-state index in [0.29, 0.717) is 28.5 Å². The molecule has 112 valence electrons. The molecule has 0 aliphatic carbocycles. The summed E-state index contributed by atoms with van der Waals surface area (Å²) >= 11 is 6.12. The minimum absolute atomic E-state index is 0.303. The van der Waals surface area contributed by atoms with Crippen LogP contribution in [0.1, 0.15) is 17.2 Å². The molecular weight excluding hydrogens is 295 g/mol. The molecule has 0 saturated heterocycles. The summed E-state index contributed by atoms with van der Waals surface area (Å²) in [5, 5.41) is 10.7. The number of methoxy groups -OCH3 is 2. The number of hydrogen-bond donors (Lipinski definition) is 1. The zero-order valence-corrected chi connectivity index (χ0v) is 12.5. The van der Waals surface area contributed by atoms with E-state index in [1.807, 2.05) is 0 Å². The first-order valence-corrected chi connectivity index (χ1v) is 6.77. The average Bonchev–Trinajstić information content (AvgIpc) is 2.48. The lowest BCUT2D eigenvalue weighted by atomic mass is 10.0. The Kier molecular flexibility index (Phi) is 5.04. The second kappa shape index (κ2) is 6.78. The van der Waals surface area contributed by atoms with E-state index in [9.17, 15) is 9.50 Å². The van der Waals surface area contributed by atoms with Gasteiger partial charge in [-0.3, -0.25) is 0 Å². The smallest absolute Gasteiger partial charge is 0.179 e. The van der Waals surface area contributed by atoms with E-state index in [1.54, 1.807) is 24.3 Å². The maximum absolute atomic E-state index is 12.9. The van der Waals surface area contributed by atoms with Crippen LogP contribution in [-0.4, -0.2) is 19.3 Å². The molecule has 0 saturated carbocycles. The molecule has 0 radical (unpaired) electrons. The van der Waals surface area contributed by atoms with Gasteiger partial charge in [-0.2, -0.15) is 0 Å². The van der Waals surface area contributed by atoms with Crippen molar-refractivity contribution in [1.82, 2.24) is 0 Å². The van der Waals surface area contributed by atoms with Gasteiger partial charge in [-0.05, 0) is 35.4 Å². The van der Waals surface area contributed by atoms with Gasteiger partial charge in [0.25, 0.3) is 0 Å². The van der Waals surface area contributed by atoms with E-state index in [1.165, 1.54) is 26.4 Å². The maximum atomic E-state index is 12.9. The largest absolute Gasteiger partial charge is 0.493 e. The summed E-state index contributed by atoms with van der Waals surface area (Å²) in [6.07, 6.45) is -0.417. The lowest BCUT2D eigenvalue weighted by molar-refractivity contribution is 0.178. The van der Waals surface area contributed by atoms with Crippen LogP contribution in [0, 0.1) is 5.82 Å². The molecule has 21 heavy (non-hydrogen) atoms. The van der Waals surface area contributed by atoms with E-state index in [-0.39, 0.29) is 5.82 Å². The molecule has 0 fully saturated rings. The summed E-state index contributed by atoms with van der Waals surface area (Å²) in [7, 11) is 3.00. The van der Waals surface area contributed by atoms with E-state index in [0.717, 1.165) is 5.56 Å². The van der Waals surface area contributed by atoms with Crippen LogP contribution in [0.4, 0.5) is 4.39 Å². The van der Waals surface area contributed by atoms with Gasteiger partial charge in [0.15, 0.2) is 11.5 Å². The summed E-state index contributed by atoms with van der Waals surface area (Å²) in [6.45, 7) is 0. The number of halogens is 2. The number of benzene rings is 2. The summed E-state index contributed by atoms with van der Waals surface area (Å²) < 4.78 is 23.2. The number of aliphatic hydroxyl groups is 1. The van der Waals surface area contributed by atoms with Crippen LogP contribution < -0.4 is 9.47 Å². The zero-order valence-electron chi connectivity index (χ0n) is 11.8. The number of rotatable bonds is 5. The van der Waals surface area contributed by atoms with E-state index in [2.05, 4.69) is 0 Å². The molecule has 0 bridgehead atoms. The standard InChI is InChI=1S/C16H16ClFO3/c1-20-15-9-11(8-13(17)16(15)21-2)14(19)7-10-3-5-12(18)6-4-10/h3-6,8-9,14,19H,7H2,1-2H3. The van der Waals surface area contributed by atoms with Gasteiger partial charge in [-0.1, -0.05) is 23.7 Å². The second-order valence-corrected chi connectivity index (χ2v) is 4.99. The minimum atomic E-state index is -0.771. The van der Waals surface area contributed by atoms with Crippen LogP contribution in [0.2, 0.25) is 5.02 Å². The van der Waals surface area contributed by atoms with Crippen molar-refractivity contribution in [3.8, 4) is 11.5 Å². The highest BCUT2D eigenvalue weighted by Crippen LogP contribution is 2.38. The first-order valence-electron chi connectivity index (χ1n) is 6.39. The molecule has 0 aromatic heterocycles. The van der Waals surface area contributed by atoms with Crippen molar-refractivity contribution in [3.63, 3.8) is 0 Å². The molecule has 5 heteroatoms. The Balaban J connectivity index is 2.24. The monoisotopic (exact) mass is 310 g/mol. The van der Waals surface area contributed by atoms with E-state index >= 15 is 0 Å². The second-order valence-electron chi connectivity index (χ2n) is 4.58. The van der Waals surface area contributed by atoms with Gasteiger partial charge < -0.3 is 14.6 Å². The highest BCUT2D eigenvalue weighted by molar-refractivity contribution is 6.32. The molecule has 0 aliphatic heterocycles. The molecule has 1 N–H and O–H groups in total. The maximum Gasteiger partial charge on any atom is 0.179 e. The van der Waals surface area contributed by atoms with Gasteiger partial charge in [0.05, 0.1) is 25.3 Å². The fourth-order valence-electron chi connectivity index (χ4n) is 2.09. The van der Waals surface area contributed by atoms with Gasteiger partial charge in [0, 0.05) is 6.42 Å². The average molecular weight is 311 g/mol. The third-order valence-corrected chi connectivity index (χ3v) is 3.46. The predicted molar refractivity (Wildman–Crippen MR) is 79.6 cm³/mol. The third-order valence-electron chi connectivity index (χ3n) is 3.18. The summed E-state index contributed by atoms with van der Waals surface area (Å²) in [6, 6.07) is 9.32. The SMILES string of the molecule is COc1cc(C(O)Cc2ccc(F)cc2)cc(Cl)c1OC. The molecular formula is C16H16ClFO3. The quantitative estimate of drug-likeness (QED) is 0.913. The molecule has 0 heterocycles. The van der Waals surface area contributed by atoms with Gasteiger partial charge in [0.1, 0.15) is 5.82 Å².